The van der Waals surface area contributed by atoms with E-state index in [2.05, 4.69) is 20.7 Å². The first-order valence-electron chi connectivity index (χ1n) is 4.09. The Labute approximate surface area is 98.1 Å². The van der Waals surface area contributed by atoms with Crippen LogP contribution in [0, 0.1) is 0 Å². The maximum absolute atomic E-state index is 10.4. The Bertz CT molecular complexity index is 348. The second kappa shape index (κ2) is 7.81. The number of halogens is 1. The van der Waals surface area contributed by atoms with E-state index in [0.29, 0.717) is 0 Å². The van der Waals surface area contributed by atoms with Gasteiger partial charge in [-0.1, -0.05) is 34.1 Å². The fraction of sp³-hybridized carbons (Fsp3) is 0.333. The van der Waals surface area contributed by atoms with Crippen molar-refractivity contribution in [2.75, 3.05) is 19.0 Å². The van der Waals surface area contributed by atoms with Gasteiger partial charge < -0.3 is 4.74 Å². The van der Waals surface area contributed by atoms with Crippen molar-refractivity contribution in [2.45, 2.75) is 4.90 Å². The van der Waals surface area contributed by atoms with Gasteiger partial charge in [0.15, 0.2) is 0 Å². The minimum Gasteiger partial charge on any atom is -0.384 e. The van der Waals surface area contributed by atoms with Gasteiger partial charge in [-0.3, -0.25) is 4.55 Å². The Morgan fingerprint density at radius 2 is 1.87 bits per heavy atom. The smallest absolute Gasteiger partial charge is 0.294 e. The molecule has 0 aliphatic carbocycles. The highest BCUT2D eigenvalue weighted by molar-refractivity contribution is 9.09. The number of benzene rings is 1. The zero-order chi connectivity index (χ0) is 11.7. The van der Waals surface area contributed by atoms with Crippen molar-refractivity contribution >= 4 is 26.0 Å². The average molecular weight is 297 g/mol. The van der Waals surface area contributed by atoms with Crippen LogP contribution >= 0.6 is 15.9 Å². The van der Waals surface area contributed by atoms with Gasteiger partial charge in [-0.15, -0.1) is 0 Å². The van der Waals surface area contributed by atoms with Crippen LogP contribution in [-0.4, -0.2) is 32.0 Å². The van der Waals surface area contributed by atoms with Crippen LogP contribution in [0.4, 0.5) is 0 Å². The third-order valence-electron chi connectivity index (χ3n) is 1.32. The molecular formula is C9H13BrO4S. The molecule has 0 spiro atoms. The zero-order valence-electron chi connectivity index (χ0n) is 8.26. The highest BCUT2D eigenvalue weighted by Crippen LogP contribution is 2.05. The van der Waals surface area contributed by atoms with Crippen LogP contribution in [0.3, 0.4) is 0 Å². The first-order chi connectivity index (χ1) is 7.02. The third-order valence-corrected chi connectivity index (χ3v) is 2.51. The van der Waals surface area contributed by atoms with E-state index < -0.39 is 10.1 Å². The SMILES string of the molecule is COCCBr.O=S(=O)(O)c1ccccc1. The van der Waals surface area contributed by atoms with Crippen LogP contribution in [0.25, 0.3) is 0 Å². The molecule has 0 heterocycles. The summed E-state index contributed by atoms with van der Waals surface area (Å²) < 4.78 is 33.9. The van der Waals surface area contributed by atoms with Gasteiger partial charge in [0.2, 0.25) is 0 Å². The Morgan fingerprint density at radius 1 is 1.33 bits per heavy atom. The van der Waals surface area contributed by atoms with Gasteiger partial charge in [-0.2, -0.15) is 8.42 Å². The van der Waals surface area contributed by atoms with E-state index in [1.807, 2.05) is 0 Å². The largest absolute Gasteiger partial charge is 0.384 e. The van der Waals surface area contributed by atoms with Crippen LogP contribution in [0.2, 0.25) is 0 Å². The lowest BCUT2D eigenvalue weighted by atomic mass is 10.4. The summed E-state index contributed by atoms with van der Waals surface area (Å²) in [6.07, 6.45) is 0. The van der Waals surface area contributed by atoms with Gasteiger partial charge in [0, 0.05) is 12.4 Å². The molecule has 6 heteroatoms. The molecule has 1 aromatic carbocycles. The maximum atomic E-state index is 10.4. The maximum Gasteiger partial charge on any atom is 0.294 e. The molecule has 4 nitrogen and oxygen atoms in total. The molecule has 0 aliphatic rings. The summed E-state index contributed by atoms with van der Waals surface area (Å²) in [7, 11) is -2.32. The van der Waals surface area contributed by atoms with Gasteiger partial charge in [0.1, 0.15) is 0 Å². The lowest BCUT2D eigenvalue weighted by Gasteiger charge is -1.92. The van der Waals surface area contributed by atoms with E-state index in [1.54, 1.807) is 25.3 Å². The zero-order valence-corrected chi connectivity index (χ0v) is 10.7. The molecule has 0 unspecified atom stereocenters. The fourth-order valence-corrected chi connectivity index (χ4v) is 1.49. The molecule has 0 amide bonds. The van der Waals surface area contributed by atoms with Gasteiger partial charge in [-0.05, 0) is 12.1 Å². The minimum absolute atomic E-state index is 0.0741. The summed E-state index contributed by atoms with van der Waals surface area (Å²) in [6, 6.07) is 7.42. The fourth-order valence-electron chi connectivity index (χ4n) is 0.670. The Balaban J connectivity index is 0.000000336. The van der Waals surface area contributed by atoms with E-state index in [4.69, 9.17) is 4.55 Å². The molecule has 0 saturated heterocycles. The van der Waals surface area contributed by atoms with E-state index >= 15 is 0 Å². The molecule has 1 rings (SSSR count). The molecule has 0 radical (unpaired) electrons. The molecule has 0 fully saturated rings. The van der Waals surface area contributed by atoms with Crippen LogP contribution in [0.15, 0.2) is 35.2 Å². The van der Waals surface area contributed by atoms with Crippen LogP contribution in [-0.2, 0) is 14.9 Å². The Hall–Kier alpha value is -0.430. The van der Waals surface area contributed by atoms with Crippen molar-refractivity contribution < 1.29 is 17.7 Å². The van der Waals surface area contributed by atoms with Crippen LogP contribution in [0.1, 0.15) is 0 Å². The topological polar surface area (TPSA) is 63.6 Å². The molecule has 0 bridgehead atoms. The van der Waals surface area contributed by atoms with Crippen LogP contribution < -0.4 is 0 Å². The van der Waals surface area contributed by atoms with Gasteiger partial charge in [0.05, 0.1) is 11.5 Å². The Morgan fingerprint density at radius 3 is 2.07 bits per heavy atom. The lowest BCUT2D eigenvalue weighted by Crippen LogP contribution is -1.96. The molecule has 1 N–H and O–H groups in total. The molecule has 0 atom stereocenters. The highest BCUT2D eigenvalue weighted by atomic mass is 79.9. The monoisotopic (exact) mass is 296 g/mol. The third kappa shape index (κ3) is 7.49. The number of ether oxygens (including phenoxy) is 1. The molecule has 0 aromatic heterocycles. The summed E-state index contributed by atoms with van der Waals surface area (Å²) in [5, 5.41) is 0.934. The predicted octanol–water partition coefficient (Wildman–Crippen LogP) is 1.96. The normalized spacial score (nSPS) is 10.3. The van der Waals surface area contributed by atoms with E-state index in [-0.39, 0.29) is 4.90 Å². The Kier molecular flexibility index (Phi) is 7.59. The van der Waals surface area contributed by atoms with Crippen LogP contribution in [0.5, 0.6) is 0 Å². The molecular weight excluding hydrogens is 284 g/mol. The summed E-state index contributed by atoms with van der Waals surface area (Å²) >= 11 is 3.18. The minimum atomic E-state index is -4.00. The first kappa shape index (κ1) is 14.6. The summed E-state index contributed by atoms with van der Waals surface area (Å²) in [4.78, 5) is -0.0741. The van der Waals surface area contributed by atoms with Crippen molar-refractivity contribution in [3.63, 3.8) is 0 Å². The van der Waals surface area contributed by atoms with Gasteiger partial charge in [0.25, 0.3) is 10.1 Å². The molecule has 0 saturated carbocycles. The number of rotatable bonds is 3. The van der Waals surface area contributed by atoms with Crippen molar-refractivity contribution in [2.24, 2.45) is 0 Å². The second-order valence-corrected chi connectivity index (χ2v) is 4.68. The lowest BCUT2D eigenvalue weighted by molar-refractivity contribution is 0.219. The van der Waals surface area contributed by atoms with Crippen molar-refractivity contribution in [1.82, 2.24) is 0 Å². The second-order valence-electron chi connectivity index (χ2n) is 2.47. The average Bonchev–Trinajstić information content (AvgIpc) is 2.20. The van der Waals surface area contributed by atoms with E-state index in [0.717, 1.165) is 11.9 Å². The molecule has 1 aromatic rings. The molecule has 0 aliphatic heterocycles. The predicted molar refractivity (Wildman–Crippen MR) is 61.9 cm³/mol. The van der Waals surface area contributed by atoms with Crippen molar-refractivity contribution in [3.05, 3.63) is 30.3 Å². The summed E-state index contributed by atoms with van der Waals surface area (Å²) in [5.74, 6) is 0. The number of methoxy groups -OCH3 is 1. The first-order valence-corrected chi connectivity index (χ1v) is 6.66. The van der Waals surface area contributed by atoms with Gasteiger partial charge >= 0.3 is 0 Å². The number of hydrogen-bond donors (Lipinski definition) is 1. The summed E-state index contributed by atoms with van der Waals surface area (Å²) in [6.45, 7) is 0.806. The highest BCUT2D eigenvalue weighted by Gasteiger charge is 2.05. The quantitative estimate of drug-likeness (QED) is 0.684. The van der Waals surface area contributed by atoms with Crippen molar-refractivity contribution in [1.29, 1.82) is 0 Å². The standard InChI is InChI=1S/C6H6O3S.C3H7BrO/c7-10(8,9)6-4-2-1-3-5-6;1-5-3-2-4/h1-5H,(H,7,8,9);2-3H2,1H3. The number of hydrogen-bond acceptors (Lipinski definition) is 3. The van der Waals surface area contributed by atoms with Crippen molar-refractivity contribution in [3.8, 4) is 0 Å². The van der Waals surface area contributed by atoms with E-state index in [1.165, 1.54) is 12.1 Å². The molecule has 86 valence electrons. The number of alkyl halides is 1. The van der Waals surface area contributed by atoms with E-state index in [9.17, 15) is 8.42 Å². The molecule has 15 heavy (non-hydrogen) atoms. The summed E-state index contributed by atoms with van der Waals surface area (Å²) in [5.41, 5.74) is 0. The van der Waals surface area contributed by atoms with Gasteiger partial charge in [-0.25, -0.2) is 0 Å².